The van der Waals surface area contributed by atoms with E-state index in [0.717, 1.165) is 18.5 Å². The van der Waals surface area contributed by atoms with Crippen molar-refractivity contribution in [3.8, 4) is 0 Å². The van der Waals surface area contributed by atoms with Gasteiger partial charge in [-0.1, -0.05) is 25.7 Å². The fourth-order valence-corrected chi connectivity index (χ4v) is 2.74. The maximum Gasteiger partial charge on any atom is 0.272 e. The van der Waals surface area contributed by atoms with E-state index in [1.807, 2.05) is 12.1 Å². The quantitative estimate of drug-likeness (QED) is 0.849. The molecule has 0 bridgehead atoms. The number of carbonyl (C=O) groups excluding carboxylic acids is 1. The molecule has 19 heavy (non-hydrogen) atoms. The molecule has 0 unspecified atom stereocenters. The second kappa shape index (κ2) is 5.68. The summed E-state index contributed by atoms with van der Waals surface area (Å²) in [5.74, 6) is 0.521. The van der Waals surface area contributed by atoms with Crippen LogP contribution in [0.3, 0.4) is 0 Å². The molecule has 4 heteroatoms. The zero-order chi connectivity index (χ0) is 13.1. The predicted molar refractivity (Wildman–Crippen MR) is 73.0 cm³/mol. The van der Waals surface area contributed by atoms with Gasteiger partial charge in [-0.15, -0.1) is 5.10 Å². The summed E-state index contributed by atoms with van der Waals surface area (Å²) >= 11 is 0. The minimum atomic E-state index is -0.0678. The molecule has 2 aliphatic rings. The van der Waals surface area contributed by atoms with Gasteiger partial charge in [0.05, 0.1) is 5.69 Å². The minimum absolute atomic E-state index is 0.0678. The number of nitrogens with one attached hydrogen (secondary N) is 1. The van der Waals surface area contributed by atoms with E-state index in [1.54, 1.807) is 0 Å². The molecule has 0 atom stereocenters. The summed E-state index contributed by atoms with van der Waals surface area (Å²) in [5, 5.41) is 11.3. The van der Waals surface area contributed by atoms with E-state index in [2.05, 4.69) is 15.5 Å². The summed E-state index contributed by atoms with van der Waals surface area (Å²) in [4.78, 5) is 12.1. The lowest BCUT2D eigenvalue weighted by atomic mass is 10.1. The highest BCUT2D eigenvalue weighted by Crippen LogP contribution is 2.38. The fraction of sp³-hybridized carbons (Fsp3) is 0.667. The molecule has 0 spiro atoms. The molecular weight excluding hydrogens is 238 g/mol. The molecule has 1 aromatic heterocycles. The minimum Gasteiger partial charge on any atom is -0.348 e. The molecule has 1 amide bonds. The van der Waals surface area contributed by atoms with Crippen LogP contribution < -0.4 is 5.32 Å². The summed E-state index contributed by atoms with van der Waals surface area (Å²) < 4.78 is 0. The van der Waals surface area contributed by atoms with Gasteiger partial charge in [0.2, 0.25) is 0 Å². The Morgan fingerprint density at radius 3 is 2.32 bits per heavy atom. The summed E-state index contributed by atoms with van der Waals surface area (Å²) in [5.41, 5.74) is 1.49. The molecule has 1 heterocycles. The van der Waals surface area contributed by atoms with Crippen molar-refractivity contribution in [1.82, 2.24) is 15.5 Å². The second-order valence-corrected chi connectivity index (χ2v) is 5.78. The van der Waals surface area contributed by atoms with Crippen molar-refractivity contribution in [2.24, 2.45) is 0 Å². The largest absolute Gasteiger partial charge is 0.348 e. The third-order valence-corrected chi connectivity index (χ3v) is 4.10. The van der Waals surface area contributed by atoms with Gasteiger partial charge in [-0.2, -0.15) is 5.10 Å². The highest BCUT2D eigenvalue weighted by atomic mass is 16.2. The van der Waals surface area contributed by atoms with Gasteiger partial charge in [-0.05, 0) is 37.8 Å². The smallest absolute Gasteiger partial charge is 0.272 e. The molecule has 1 N–H and O–H groups in total. The number of carbonyl (C=O) groups is 1. The Kier molecular flexibility index (Phi) is 3.76. The Labute approximate surface area is 114 Å². The maximum atomic E-state index is 12.1. The van der Waals surface area contributed by atoms with Crippen molar-refractivity contribution in [1.29, 1.82) is 0 Å². The van der Waals surface area contributed by atoms with Crippen LogP contribution in [0.2, 0.25) is 0 Å². The van der Waals surface area contributed by atoms with E-state index in [1.165, 1.54) is 38.5 Å². The number of aromatic nitrogens is 2. The number of amides is 1. The first-order chi connectivity index (χ1) is 9.33. The van der Waals surface area contributed by atoms with Gasteiger partial charge >= 0.3 is 0 Å². The lowest BCUT2D eigenvalue weighted by Gasteiger charge is -2.15. The van der Waals surface area contributed by atoms with Crippen LogP contribution in [0.5, 0.6) is 0 Å². The van der Waals surface area contributed by atoms with Gasteiger partial charge in [-0.25, -0.2) is 0 Å². The third kappa shape index (κ3) is 3.31. The molecule has 2 fully saturated rings. The zero-order valence-electron chi connectivity index (χ0n) is 11.3. The fourth-order valence-electron chi connectivity index (χ4n) is 2.74. The Bertz CT molecular complexity index is 431. The third-order valence-electron chi connectivity index (χ3n) is 4.10. The van der Waals surface area contributed by atoms with Crippen molar-refractivity contribution in [2.45, 2.75) is 63.3 Å². The normalized spacial score (nSPS) is 20.8. The molecule has 2 saturated carbocycles. The Hall–Kier alpha value is -1.45. The molecule has 102 valence electrons. The average Bonchev–Trinajstić information content (AvgIpc) is 3.27. The number of nitrogens with zero attached hydrogens (tertiary/aromatic N) is 2. The summed E-state index contributed by atoms with van der Waals surface area (Å²) in [6, 6.07) is 4.08. The van der Waals surface area contributed by atoms with Crippen LogP contribution in [0.25, 0.3) is 0 Å². The lowest BCUT2D eigenvalue weighted by molar-refractivity contribution is 0.0927. The number of rotatable bonds is 3. The van der Waals surface area contributed by atoms with Crippen LogP contribution in [0, 0.1) is 0 Å². The van der Waals surface area contributed by atoms with E-state index in [0.29, 0.717) is 17.7 Å². The monoisotopic (exact) mass is 259 g/mol. The summed E-state index contributed by atoms with van der Waals surface area (Å²) in [6.45, 7) is 0. The Morgan fingerprint density at radius 2 is 1.74 bits per heavy atom. The van der Waals surface area contributed by atoms with E-state index in [4.69, 9.17) is 0 Å². The molecule has 0 aliphatic heterocycles. The van der Waals surface area contributed by atoms with E-state index < -0.39 is 0 Å². The Balaban J connectivity index is 1.59. The van der Waals surface area contributed by atoms with Gasteiger partial charge in [0.25, 0.3) is 5.91 Å². The van der Waals surface area contributed by atoms with Gasteiger partial charge in [0.1, 0.15) is 0 Å². The van der Waals surface area contributed by atoms with E-state index in [-0.39, 0.29) is 5.91 Å². The molecule has 0 radical (unpaired) electrons. The molecule has 0 aromatic carbocycles. The van der Waals surface area contributed by atoms with Crippen molar-refractivity contribution in [3.63, 3.8) is 0 Å². The van der Waals surface area contributed by atoms with Crippen molar-refractivity contribution >= 4 is 5.91 Å². The summed E-state index contributed by atoms with van der Waals surface area (Å²) in [7, 11) is 0. The topological polar surface area (TPSA) is 54.9 Å². The standard InChI is InChI=1S/C15H21N3O/c19-15(16-12-5-3-1-2-4-6-12)14-10-9-13(17-18-14)11-7-8-11/h9-12H,1-8H2,(H,16,19). The average molecular weight is 259 g/mol. The highest BCUT2D eigenvalue weighted by Gasteiger charge is 2.25. The molecule has 3 rings (SSSR count). The second-order valence-electron chi connectivity index (χ2n) is 5.78. The lowest BCUT2D eigenvalue weighted by Crippen LogP contribution is -2.35. The first-order valence-corrected chi connectivity index (χ1v) is 7.47. The predicted octanol–water partition coefficient (Wildman–Crippen LogP) is 2.81. The molecule has 1 aromatic rings. The van der Waals surface area contributed by atoms with Crippen molar-refractivity contribution < 1.29 is 4.79 Å². The molecular formula is C15H21N3O. The van der Waals surface area contributed by atoms with Gasteiger partial charge < -0.3 is 5.32 Å². The molecule has 4 nitrogen and oxygen atoms in total. The van der Waals surface area contributed by atoms with Gasteiger partial charge in [-0.3, -0.25) is 4.79 Å². The van der Waals surface area contributed by atoms with E-state index >= 15 is 0 Å². The number of hydrogen-bond donors (Lipinski definition) is 1. The van der Waals surface area contributed by atoms with Crippen molar-refractivity contribution in [2.75, 3.05) is 0 Å². The van der Waals surface area contributed by atoms with Crippen LogP contribution in [0.15, 0.2) is 12.1 Å². The van der Waals surface area contributed by atoms with Crippen LogP contribution in [0.1, 0.15) is 73.5 Å². The molecule has 2 aliphatic carbocycles. The zero-order valence-corrected chi connectivity index (χ0v) is 11.3. The van der Waals surface area contributed by atoms with Crippen LogP contribution >= 0.6 is 0 Å². The molecule has 0 saturated heterocycles. The first-order valence-electron chi connectivity index (χ1n) is 7.47. The van der Waals surface area contributed by atoms with Crippen LogP contribution in [-0.2, 0) is 0 Å². The van der Waals surface area contributed by atoms with Crippen LogP contribution in [-0.4, -0.2) is 22.1 Å². The van der Waals surface area contributed by atoms with E-state index in [9.17, 15) is 4.79 Å². The first kappa shape index (κ1) is 12.6. The number of hydrogen-bond acceptors (Lipinski definition) is 3. The summed E-state index contributed by atoms with van der Waals surface area (Å²) in [6.07, 6.45) is 9.64. The maximum absolute atomic E-state index is 12.1. The Morgan fingerprint density at radius 1 is 1.00 bits per heavy atom. The van der Waals surface area contributed by atoms with Crippen LogP contribution in [0.4, 0.5) is 0 Å². The highest BCUT2D eigenvalue weighted by molar-refractivity contribution is 5.92. The van der Waals surface area contributed by atoms with Gasteiger partial charge in [0.15, 0.2) is 5.69 Å². The van der Waals surface area contributed by atoms with Crippen molar-refractivity contribution in [3.05, 3.63) is 23.5 Å². The van der Waals surface area contributed by atoms with Gasteiger partial charge in [0, 0.05) is 12.0 Å². The SMILES string of the molecule is O=C(NC1CCCCCC1)c1ccc(C2CC2)nn1.